The molecule has 0 saturated carbocycles. The van der Waals surface area contributed by atoms with Crippen molar-refractivity contribution in [3.8, 4) is 0 Å². The van der Waals surface area contributed by atoms with E-state index in [9.17, 15) is 13.2 Å². The smallest absolute Gasteiger partial charge is 0.362 e. The van der Waals surface area contributed by atoms with Crippen molar-refractivity contribution >= 4 is 34.6 Å². The minimum atomic E-state index is -4.37. The summed E-state index contributed by atoms with van der Waals surface area (Å²) in [5.41, 5.74) is 0.760. The van der Waals surface area contributed by atoms with Gasteiger partial charge >= 0.3 is 6.18 Å². The Labute approximate surface area is 149 Å². The van der Waals surface area contributed by atoms with Crippen molar-refractivity contribution in [1.29, 1.82) is 0 Å². The standard InChI is InChI=1S/C17H16ClF3N2S/c18-14-8-6-12(7-9-14)3-2-10-22-16(24)23-15-5-1-4-13(11-15)17(19,20)21/h1,4-9,11H,2-3,10H2,(H2,22,23,24). The molecule has 0 aliphatic heterocycles. The maximum atomic E-state index is 12.7. The number of nitrogens with one attached hydrogen (secondary N) is 2. The zero-order valence-corrected chi connectivity index (χ0v) is 14.2. The van der Waals surface area contributed by atoms with E-state index < -0.39 is 11.7 Å². The molecule has 2 nitrogen and oxygen atoms in total. The fraction of sp³-hybridized carbons (Fsp3) is 0.235. The highest BCUT2D eigenvalue weighted by atomic mass is 35.5. The third-order valence-corrected chi connectivity index (χ3v) is 3.79. The zero-order chi connectivity index (χ0) is 17.6. The molecule has 0 aromatic heterocycles. The van der Waals surface area contributed by atoms with Crippen molar-refractivity contribution in [3.05, 3.63) is 64.7 Å². The van der Waals surface area contributed by atoms with Crippen LogP contribution in [-0.4, -0.2) is 11.7 Å². The Morgan fingerprint density at radius 3 is 2.46 bits per heavy atom. The van der Waals surface area contributed by atoms with Crippen LogP contribution in [0.25, 0.3) is 0 Å². The summed E-state index contributed by atoms with van der Waals surface area (Å²) in [5, 5.41) is 6.74. The second-order valence-electron chi connectivity index (χ2n) is 5.19. The van der Waals surface area contributed by atoms with Crippen molar-refractivity contribution in [3.63, 3.8) is 0 Å². The molecule has 2 rings (SSSR count). The molecule has 0 aliphatic rings. The van der Waals surface area contributed by atoms with Crippen LogP contribution in [0.3, 0.4) is 0 Å². The molecule has 0 amide bonds. The van der Waals surface area contributed by atoms with E-state index in [1.165, 1.54) is 12.1 Å². The third-order valence-electron chi connectivity index (χ3n) is 3.29. The van der Waals surface area contributed by atoms with Gasteiger partial charge in [-0.25, -0.2) is 0 Å². The Kier molecular flexibility index (Phi) is 6.45. The highest BCUT2D eigenvalue weighted by molar-refractivity contribution is 7.80. The molecule has 0 heterocycles. The zero-order valence-electron chi connectivity index (χ0n) is 12.7. The second-order valence-corrected chi connectivity index (χ2v) is 6.03. The van der Waals surface area contributed by atoms with Gasteiger partial charge in [0.1, 0.15) is 0 Å². The van der Waals surface area contributed by atoms with E-state index >= 15 is 0 Å². The number of benzene rings is 2. The van der Waals surface area contributed by atoms with E-state index in [4.69, 9.17) is 23.8 Å². The molecule has 7 heteroatoms. The highest BCUT2D eigenvalue weighted by Crippen LogP contribution is 2.30. The summed E-state index contributed by atoms with van der Waals surface area (Å²) in [5.74, 6) is 0. The summed E-state index contributed by atoms with van der Waals surface area (Å²) in [7, 11) is 0. The number of hydrogen-bond acceptors (Lipinski definition) is 1. The molecular formula is C17H16ClF3N2S. The largest absolute Gasteiger partial charge is 0.416 e. The predicted molar refractivity (Wildman–Crippen MR) is 95.4 cm³/mol. The van der Waals surface area contributed by atoms with E-state index in [-0.39, 0.29) is 0 Å². The molecule has 0 atom stereocenters. The van der Waals surface area contributed by atoms with E-state index in [1.807, 2.05) is 24.3 Å². The van der Waals surface area contributed by atoms with Crippen LogP contribution in [0, 0.1) is 0 Å². The summed E-state index contributed by atoms with van der Waals surface area (Å²) in [6.07, 6.45) is -2.67. The monoisotopic (exact) mass is 372 g/mol. The Bertz CT molecular complexity index is 687. The van der Waals surface area contributed by atoms with Crippen molar-refractivity contribution < 1.29 is 13.2 Å². The number of thiocarbonyl (C=S) groups is 1. The molecule has 2 N–H and O–H groups in total. The van der Waals surface area contributed by atoms with Gasteiger partial charge in [-0.2, -0.15) is 13.2 Å². The first-order valence-electron chi connectivity index (χ1n) is 7.31. The van der Waals surface area contributed by atoms with Crippen molar-refractivity contribution in [2.75, 3.05) is 11.9 Å². The Balaban J connectivity index is 1.76. The van der Waals surface area contributed by atoms with Gasteiger partial charge in [0.15, 0.2) is 5.11 Å². The molecule has 0 unspecified atom stereocenters. The first-order chi connectivity index (χ1) is 11.3. The first-order valence-corrected chi connectivity index (χ1v) is 8.10. The molecule has 128 valence electrons. The lowest BCUT2D eigenvalue weighted by Gasteiger charge is -2.12. The third kappa shape index (κ3) is 6.02. The van der Waals surface area contributed by atoms with Crippen LogP contribution in [0.4, 0.5) is 18.9 Å². The number of aryl methyl sites for hydroxylation is 1. The molecule has 0 spiro atoms. The summed E-state index contributed by atoms with van der Waals surface area (Å²) in [6.45, 7) is 0.618. The Morgan fingerprint density at radius 1 is 1.08 bits per heavy atom. The van der Waals surface area contributed by atoms with Gasteiger partial charge in [-0.05, 0) is 61.0 Å². The Hall–Kier alpha value is -1.79. The Morgan fingerprint density at radius 2 is 1.79 bits per heavy atom. The van der Waals surface area contributed by atoms with Gasteiger partial charge in [-0.15, -0.1) is 0 Å². The van der Waals surface area contributed by atoms with Gasteiger partial charge in [-0.1, -0.05) is 29.8 Å². The highest BCUT2D eigenvalue weighted by Gasteiger charge is 2.30. The van der Waals surface area contributed by atoms with Crippen LogP contribution in [0.2, 0.25) is 5.02 Å². The van der Waals surface area contributed by atoms with Gasteiger partial charge in [0, 0.05) is 17.3 Å². The van der Waals surface area contributed by atoms with Gasteiger partial charge in [-0.3, -0.25) is 0 Å². The number of rotatable bonds is 5. The fourth-order valence-corrected chi connectivity index (χ4v) is 2.44. The molecule has 2 aromatic carbocycles. The summed E-state index contributed by atoms with van der Waals surface area (Å²) in [4.78, 5) is 0. The van der Waals surface area contributed by atoms with Gasteiger partial charge in [0.05, 0.1) is 5.56 Å². The van der Waals surface area contributed by atoms with Crippen LogP contribution in [0.15, 0.2) is 48.5 Å². The second kappa shape index (κ2) is 8.35. The number of halogens is 4. The van der Waals surface area contributed by atoms with Crippen LogP contribution in [0.1, 0.15) is 17.5 Å². The number of hydrogen-bond donors (Lipinski definition) is 2. The maximum absolute atomic E-state index is 12.7. The van der Waals surface area contributed by atoms with Gasteiger partial charge < -0.3 is 10.6 Å². The molecule has 2 aromatic rings. The lowest BCUT2D eigenvalue weighted by atomic mass is 10.1. The SMILES string of the molecule is FC(F)(F)c1cccc(NC(=S)NCCCc2ccc(Cl)cc2)c1. The minimum Gasteiger partial charge on any atom is -0.362 e. The molecule has 0 aliphatic carbocycles. The maximum Gasteiger partial charge on any atom is 0.416 e. The van der Waals surface area contributed by atoms with Crippen molar-refractivity contribution in [1.82, 2.24) is 5.32 Å². The average molecular weight is 373 g/mol. The molecule has 0 bridgehead atoms. The quantitative estimate of drug-likeness (QED) is 0.551. The fourth-order valence-electron chi connectivity index (χ4n) is 2.09. The van der Waals surface area contributed by atoms with E-state index in [2.05, 4.69) is 10.6 Å². The average Bonchev–Trinajstić information content (AvgIpc) is 2.53. The summed E-state index contributed by atoms with van der Waals surface area (Å²) < 4.78 is 38.0. The van der Waals surface area contributed by atoms with E-state index in [1.54, 1.807) is 0 Å². The van der Waals surface area contributed by atoms with Crippen LogP contribution >= 0.6 is 23.8 Å². The molecule has 24 heavy (non-hydrogen) atoms. The van der Waals surface area contributed by atoms with Crippen molar-refractivity contribution in [2.24, 2.45) is 0 Å². The molecular weight excluding hydrogens is 357 g/mol. The lowest BCUT2D eigenvalue weighted by Crippen LogP contribution is -2.29. The van der Waals surface area contributed by atoms with Crippen LogP contribution in [-0.2, 0) is 12.6 Å². The normalized spacial score (nSPS) is 11.2. The number of anilines is 1. The molecule has 0 radical (unpaired) electrons. The van der Waals surface area contributed by atoms with E-state index in [0.29, 0.717) is 22.4 Å². The van der Waals surface area contributed by atoms with Gasteiger partial charge in [0.2, 0.25) is 0 Å². The van der Waals surface area contributed by atoms with Crippen molar-refractivity contribution in [2.45, 2.75) is 19.0 Å². The predicted octanol–water partition coefficient (Wildman–Crippen LogP) is 5.28. The van der Waals surface area contributed by atoms with Crippen LogP contribution in [0.5, 0.6) is 0 Å². The van der Waals surface area contributed by atoms with E-state index in [0.717, 1.165) is 30.5 Å². The van der Waals surface area contributed by atoms with Crippen LogP contribution < -0.4 is 10.6 Å². The molecule has 0 fully saturated rings. The summed E-state index contributed by atoms with van der Waals surface area (Å²) in [6, 6.07) is 12.5. The topological polar surface area (TPSA) is 24.1 Å². The first kappa shape index (κ1) is 18.5. The minimum absolute atomic E-state index is 0.297. The van der Waals surface area contributed by atoms with Gasteiger partial charge in [0.25, 0.3) is 0 Å². The summed E-state index contributed by atoms with van der Waals surface area (Å²) >= 11 is 10.9. The molecule has 0 saturated heterocycles. The lowest BCUT2D eigenvalue weighted by molar-refractivity contribution is -0.137. The number of alkyl halides is 3.